The quantitative estimate of drug-likeness (QED) is 0.844. The lowest BCUT2D eigenvalue weighted by atomic mass is 10.3. The summed E-state index contributed by atoms with van der Waals surface area (Å²) < 4.78 is 0. The Morgan fingerprint density at radius 1 is 1.33 bits per heavy atom. The highest BCUT2D eigenvalue weighted by atomic mass is 32.2. The Kier molecular flexibility index (Phi) is 3.09. The predicted molar refractivity (Wildman–Crippen MR) is 76.0 cm³/mol. The molecule has 2 aromatic rings. The van der Waals surface area contributed by atoms with E-state index in [2.05, 4.69) is 11.1 Å². The fourth-order valence-corrected chi connectivity index (χ4v) is 4.10. The van der Waals surface area contributed by atoms with E-state index in [1.807, 2.05) is 41.5 Å². The summed E-state index contributed by atoms with van der Waals surface area (Å²) in [4.78, 5) is 19.5. The molecular formula is C13H12N2OS2. The van der Waals surface area contributed by atoms with Crippen LogP contribution in [0.4, 0.5) is 5.82 Å². The first kappa shape index (κ1) is 11.7. The average molecular weight is 276 g/mol. The van der Waals surface area contributed by atoms with Crippen molar-refractivity contribution in [2.75, 3.05) is 10.7 Å². The number of rotatable bonds is 2. The Morgan fingerprint density at radius 3 is 2.94 bits per heavy atom. The minimum atomic E-state index is 0.0757. The molecule has 0 aliphatic carbocycles. The maximum atomic E-state index is 12.1. The Morgan fingerprint density at radius 2 is 2.22 bits per heavy atom. The van der Waals surface area contributed by atoms with Gasteiger partial charge in [0.1, 0.15) is 11.2 Å². The van der Waals surface area contributed by atoms with Crippen LogP contribution in [0.1, 0.15) is 15.9 Å². The number of aryl methyl sites for hydroxylation is 1. The van der Waals surface area contributed by atoms with Gasteiger partial charge in [-0.25, -0.2) is 4.98 Å². The van der Waals surface area contributed by atoms with Crippen LogP contribution in [0.5, 0.6) is 0 Å². The van der Waals surface area contributed by atoms with E-state index in [0.717, 1.165) is 11.5 Å². The van der Waals surface area contributed by atoms with Gasteiger partial charge in [0.05, 0.1) is 5.75 Å². The van der Waals surface area contributed by atoms with Gasteiger partial charge in [0.25, 0.3) is 0 Å². The van der Waals surface area contributed by atoms with Gasteiger partial charge in [-0.2, -0.15) is 0 Å². The van der Waals surface area contributed by atoms with E-state index in [1.165, 1.54) is 4.88 Å². The molecule has 1 amide bonds. The van der Waals surface area contributed by atoms with Crippen molar-refractivity contribution in [3.8, 4) is 0 Å². The SMILES string of the molecule is Cc1cccc(N2C(=O)CSC2c2cccs2)n1. The van der Waals surface area contributed by atoms with E-state index < -0.39 is 0 Å². The molecule has 3 heterocycles. The number of nitrogens with zero attached hydrogens (tertiary/aromatic N) is 2. The standard InChI is InChI=1S/C13H12N2OS2/c1-9-4-2-6-11(14-9)15-12(16)8-18-13(15)10-5-3-7-17-10/h2-7,13H,8H2,1H3. The summed E-state index contributed by atoms with van der Waals surface area (Å²) in [6.07, 6.45) is 0. The summed E-state index contributed by atoms with van der Waals surface area (Å²) in [5, 5.41) is 2.12. The second kappa shape index (κ2) is 4.74. The van der Waals surface area contributed by atoms with Crippen LogP contribution in [0.2, 0.25) is 0 Å². The van der Waals surface area contributed by atoms with Crippen molar-refractivity contribution in [3.05, 3.63) is 46.3 Å². The van der Waals surface area contributed by atoms with Gasteiger partial charge in [0.2, 0.25) is 5.91 Å². The molecule has 3 rings (SSSR count). The summed E-state index contributed by atoms with van der Waals surface area (Å²) >= 11 is 3.35. The molecule has 1 fully saturated rings. The first-order chi connectivity index (χ1) is 8.75. The van der Waals surface area contributed by atoms with Crippen LogP contribution >= 0.6 is 23.1 Å². The predicted octanol–water partition coefficient (Wildman–Crippen LogP) is 3.23. The van der Waals surface area contributed by atoms with Gasteiger partial charge < -0.3 is 0 Å². The Bertz CT molecular complexity index is 568. The number of hydrogen-bond donors (Lipinski definition) is 0. The normalized spacial score (nSPS) is 19.5. The third-order valence-electron chi connectivity index (χ3n) is 2.77. The third-order valence-corrected chi connectivity index (χ3v) is 5.04. The van der Waals surface area contributed by atoms with Crippen molar-refractivity contribution in [2.24, 2.45) is 0 Å². The molecule has 1 aliphatic rings. The van der Waals surface area contributed by atoms with Crippen LogP contribution in [0, 0.1) is 6.92 Å². The Hall–Kier alpha value is -1.33. The summed E-state index contributed by atoms with van der Waals surface area (Å²) in [7, 11) is 0. The van der Waals surface area contributed by atoms with Gasteiger partial charge in [-0.3, -0.25) is 9.69 Å². The van der Waals surface area contributed by atoms with Crippen molar-refractivity contribution >= 4 is 34.8 Å². The van der Waals surface area contributed by atoms with Crippen LogP contribution < -0.4 is 4.90 Å². The zero-order chi connectivity index (χ0) is 12.5. The lowest BCUT2D eigenvalue weighted by molar-refractivity contribution is -0.115. The molecule has 3 nitrogen and oxygen atoms in total. The zero-order valence-electron chi connectivity index (χ0n) is 9.87. The molecule has 2 aromatic heterocycles. The Balaban J connectivity index is 2.00. The number of aromatic nitrogens is 1. The number of anilines is 1. The lowest BCUT2D eigenvalue weighted by Crippen LogP contribution is -2.28. The van der Waals surface area contributed by atoms with E-state index in [4.69, 9.17) is 0 Å². The van der Waals surface area contributed by atoms with Gasteiger partial charge in [-0.1, -0.05) is 12.1 Å². The number of thiophene rings is 1. The van der Waals surface area contributed by atoms with Gasteiger partial charge in [-0.05, 0) is 30.5 Å². The summed E-state index contributed by atoms with van der Waals surface area (Å²) in [5.74, 6) is 1.41. The molecular weight excluding hydrogens is 264 g/mol. The molecule has 1 aliphatic heterocycles. The molecule has 18 heavy (non-hydrogen) atoms. The molecule has 0 spiro atoms. The molecule has 0 aromatic carbocycles. The van der Waals surface area contributed by atoms with Crippen LogP contribution in [0.15, 0.2) is 35.7 Å². The fourth-order valence-electron chi connectivity index (χ4n) is 1.98. The van der Waals surface area contributed by atoms with Crippen molar-refractivity contribution in [1.82, 2.24) is 4.98 Å². The number of carbonyl (C=O) groups is 1. The van der Waals surface area contributed by atoms with E-state index in [0.29, 0.717) is 5.75 Å². The molecule has 0 N–H and O–H groups in total. The van der Waals surface area contributed by atoms with Gasteiger partial charge >= 0.3 is 0 Å². The topological polar surface area (TPSA) is 33.2 Å². The highest BCUT2D eigenvalue weighted by Gasteiger charge is 2.35. The minimum Gasteiger partial charge on any atom is -0.278 e. The lowest BCUT2D eigenvalue weighted by Gasteiger charge is -2.22. The number of hydrogen-bond acceptors (Lipinski definition) is 4. The fraction of sp³-hybridized carbons (Fsp3) is 0.231. The van der Waals surface area contributed by atoms with E-state index in [-0.39, 0.29) is 11.3 Å². The van der Waals surface area contributed by atoms with Crippen LogP contribution in [0.25, 0.3) is 0 Å². The molecule has 0 radical (unpaired) electrons. The van der Waals surface area contributed by atoms with Crippen molar-refractivity contribution in [3.63, 3.8) is 0 Å². The molecule has 0 saturated carbocycles. The molecule has 92 valence electrons. The maximum absolute atomic E-state index is 12.1. The maximum Gasteiger partial charge on any atom is 0.239 e. The number of pyridine rings is 1. The molecule has 5 heteroatoms. The van der Waals surface area contributed by atoms with Crippen LogP contribution in [-0.2, 0) is 4.79 Å². The van der Waals surface area contributed by atoms with Gasteiger partial charge in [0, 0.05) is 10.6 Å². The first-order valence-corrected chi connectivity index (χ1v) is 7.59. The molecule has 1 atom stereocenters. The van der Waals surface area contributed by atoms with E-state index >= 15 is 0 Å². The van der Waals surface area contributed by atoms with Crippen molar-refractivity contribution in [1.29, 1.82) is 0 Å². The highest BCUT2D eigenvalue weighted by Crippen LogP contribution is 2.42. The second-order valence-corrected chi connectivity index (χ2v) is 6.13. The number of thioether (sulfide) groups is 1. The molecule has 0 bridgehead atoms. The van der Waals surface area contributed by atoms with Gasteiger partial charge in [-0.15, -0.1) is 23.1 Å². The minimum absolute atomic E-state index is 0.0757. The molecule has 1 unspecified atom stereocenters. The van der Waals surface area contributed by atoms with Crippen LogP contribution in [0.3, 0.4) is 0 Å². The van der Waals surface area contributed by atoms with E-state index in [1.54, 1.807) is 23.1 Å². The highest BCUT2D eigenvalue weighted by molar-refractivity contribution is 8.01. The number of amides is 1. The zero-order valence-corrected chi connectivity index (χ0v) is 11.5. The smallest absolute Gasteiger partial charge is 0.239 e. The average Bonchev–Trinajstić information content (AvgIpc) is 2.97. The summed E-state index contributed by atoms with van der Waals surface area (Å²) in [5.41, 5.74) is 0.933. The summed E-state index contributed by atoms with van der Waals surface area (Å²) in [6, 6.07) is 9.88. The van der Waals surface area contributed by atoms with Crippen molar-refractivity contribution in [2.45, 2.75) is 12.3 Å². The number of carbonyl (C=O) groups excluding carboxylic acids is 1. The largest absolute Gasteiger partial charge is 0.278 e. The van der Waals surface area contributed by atoms with Crippen molar-refractivity contribution < 1.29 is 4.79 Å². The second-order valence-electron chi connectivity index (χ2n) is 4.08. The van der Waals surface area contributed by atoms with Gasteiger partial charge in [0.15, 0.2) is 0 Å². The van der Waals surface area contributed by atoms with Crippen LogP contribution in [-0.4, -0.2) is 16.6 Å². The Labute approximate surface area is 114 Å². The van der Waals surface area contributed by atoms with E-state index in [9.17, 15) is 4.79 Å². The monoisotopic (exact) mass is 276 g/mol. The summed E-state index contributed by atoms with van der Waals surface area (Å²) in [6.45, 7) is 1.94. The first-order valence-electron chi connectivity index (χ1n) is 5.66. The molecule has 1 saturated heterocycles. The third kappa shape index (κ3) is 2.04.